The molecule has 2 aliphatic heterocycles. The number of fused-ring (bicyclic) bond motifs is 1. The number of hydrogen-bond donors (Lipinski definition) is 2. The molecular weight excluding hydrogens is 468 g/mol. The lowest BCUT2D eigenvalue weighted by molar-refractivity contribution is 0.0398. The lowest BCUT2D eigenvalue weighted by Gasteiger charge is -2.29. The van der Waals surface area contributed by atoms with Crippen molar-refractivity contribution < 1.29 is 19.0 Å². The monoisotopic (exact) mass is 498 g/mol. The third kappa shape index (κ3) is 5.64. The van der Waals surface area contributed by atoms with Gasteiger partial charge in [-0.3, -0.25) is 15.0 Å². The van der Waals surface area contributed by atoms with Gasteiger partial charge in [0.15, 0.2) is 5.13 Å². The highest BCUT2D eigenvalue weighted by atomic mass is 32.1. The molecule has 1 amide bonds. The van der Waals surface area contributed by atoms with E-state index in [0.717, 1.165) is 68.4 Å². The molecule has 2 saturated heterocycles. The minimum Gasteiger partial charge on any atom is -0.494 e. The lowest BCUT2D eigenvalue weighted by Crippen LogP contribution is -2.39. The second-order valence-corrected chi connectivity index (χ2v) is 9.35. The smallest absolute Gasteiger partial charge is 0.257 e. The summed E-state index contributed by atoms with van der Waals surface area (Å²) in [5.41, 5.74) is 2.35. The molecule has 186 valence electrons. The number of rotatable bonds is 8. The highest BCUT2D eigenvalue weighted by Crippen LogP contribution is 2.39. The third-order valence-corrected chi connectivity index (χ3v) is 7.13. The Labute approximate surface area is 208 Å². The van der Waals surface area contributed by atoms with E-state index < -0.39 is 0 Å². The maximum absolute atomic E-state index is 13.0. The average molecular weight is 499 g/mol. The van der Waals surface area contributed by atoms with Gasteiger partial charge in [-0.15, -0.1) is 0 Å². The van der Waals surface area contributed by atoms with Crippen LogP contribution in [0.1, 0.15) is 10.4 Å². The zero-order valence-corrected chi connectivity index (χ0v) is 20.6. The molecule has 0 unspecified atom stereocenters. The summed E-state index contributed by atoms with van der Waals surface area (Å²) in [6, 6.07) is 7.45. The van der Waals surface area contributed by atoms with Crippen molar-refractivity contribution in [2.24, 2.45) is 0 Å². The zero-order valence-electron chi connectivity index (χ0n) is 19.8. The first-order valence-corrected chi connectivity index (χ1v) is 12.6. The highest BCUT2D eigenvalue weighted by molar-refractivity contribution is 7.23. The fraction of sp³-hybridized carbons (Fsp3) is 0.458. The minimum absolute atomic E-state index is 0.227. The number of thiazole rings is 1. The SMILES string of the molecule is COc1ccc(N2CCOCC2)c2sc(NC(=O)c3ccnc(NCCN4CCOCC4)c3)nc12. The number of morpholine rings is 2. The van der Waals surface area contributed by atoms with Crippen LogP contribution in [0.3, 0.4) is 0 Å². The Morgan fingerprint density at radius 1 is 1.11 bits per heavy atom. The first-order chi connectivity index (χ1) is 17.2. The number of amides is 1. The number of ether oxygens (including phenoxy) is 3. The molecule has 0 bridgehead atoms. The van der Waals surface area contributed by atoms with Crippen molar-refractivity contribution in [3.05, 3.63) is 36.0 Å². The maximum atomic E-state index is 13.0. The van der Waals surface area contributed by atoms with Gasteiger partial charge in [-0.2, -0.15) is 0 Å². The van der Waals surface area contributed by atoms with Gasteiger partial charge in [0.1, 0.15) is 17.1 Å². The summed E-state index contributed by atoms with van der Waals surface area (Å²) in [4.78, 5) is 26.7. The number of nitrogens with one attached hydrogen (secondary N) is 2. The Kier molecular flexibility index (Phi) is 7.57. The van der Waals surface area contributed by atoms with Crippen LogP contribution < -0.4 is 20.3 Å². The van der Waals surface area contributed by atoms with E-state index in [1.807, 2.05) is 12.1 Å². The Morgan fingerprint density at radius 2 is 1.89 bits per heavy atom. The zero-order chi connectivity index (χ0) is 24.0. The van der Waals surface area contributed by atoms with Gasteiger partial charge in [0.2, 0.25) is 0 Å². The summed E-state index contributed by atoms with van der Waals surface area (Å²) in [5.74, 6) is 1.13. The number of nitrogens with zero attached hydrogens (tertiary/aromatic N) is 4. The number of pyridine rings is 1. The molecule has 2 aromatic heterocycles. The molecule has 35 heavy (non-hydrogen) atoms. The molecule has 2 N–H and O–H groups in total. The van der Waals surface area contributed by atoms with E-state index in [9.17, 15) is 4.79 Å². The van der Waals surface area contributed by atoms with E-state index in [1.54, 1.807) is 25.4 Å². The summed E-state index contributed by atoms with van der Waals surface area (Å²) in [6.07, 6.45) is 1.64. The van der Waals surface area contributed by atoms with Crippen LogP contribution in [0.25, 0.3) is 10.2 Å². The van der Waals surface area contributed by atoms with Crippen LogP contribution in [-0.2, 0) is 9.47 Å². The van der Waals surface area contributed by atoms with Crippen LogP contribution in [0.2, 0.25) is 0 Å². The van der Waals surface area contributed by atoms with Gasteiger partial charge in [-0.1, -0.05) is 11.3 Å². The maximum Gasteiger partial charge on any atom is 0.257 e. The van der Waals surface area contributed by atoms with Crippen molar-refractivity contribution in [3.8, 4) is 5.75 Å². The summed E-state index contributed by atoms with van der Waals surface area (Å²) in [7, 11) is 1.63. The van der Waals surface area contributed by atoms with Gasteiger partial charge < -0.3 is 24.4 Å². The first kappa shape index (κ1) is 23.7. The van der Waals surface area contributed by atoms with E-state index in [1.165, 1.54) is 11.3 Å². The number of hydrogen-bond acceptors (Lipinski definition) is 10. The van der Waals surface area contributed by atoms with E-state index in [-0.39, 0.29) is 5.91 Å². The molecule has 0 saturated carbocycles. The van der Waals surface area contributed by atoms with E-state index in [0.29, 0.717) is 35.5 Å². The van der Waals surface area contributed by atoms with Gasteiger partial charge in [-0.25, -0.2) is 9.97 Å². The molecule has 1 aromatic carbocycles. The molecule has 0 aliphatic carbocycles. The third-order valence-electron chi connectivity index (χ3n) is 6.14. The number of methoxy groups -OCH3 is 1. The number of benzene rings is 1. The van der Waals surface area contributed by atoms with Crippen LogP contribution in [-0.4, -0.2) is 93.6 Å². The molecule has 4 heterocycles. The number of carbonyl (C=O) groups excluding carboxylic acids is 1. The Balaban J connectivity index is 1.28. The summed E-state index contributed by atoms with van der Waals surface area (Å²) >= 11 is 1.45. The van der Waals surface area contributed by atoms with Crippen LogP contribution in [0.4, 0.5) is 16.6 Å². The van der Waals surface area contributed by atoms with Crippen molar-refractivity contribution in [2.45, 2.75) is 0 Å². The lowest BCUT2D eigenvalue weighted by atomic mass is 10.2. The molecule has 5 rings (SSSR count). The number of aromatic nitrogens is 2. The molecule has 0 atom stereocenters. The first-order valence-electron chi connectivity index (χ1n) is 11.8. The van der Waals surface area contributed by atoms with Crippen LogP contribution in [0.5, 0.6) is 5.75 Å². The fourth-order valence-electron chi connectivity index (χ4n) is 4.25. The second kappa shape index (κ2) is 11.2. The summed E-state index contributed by atoms with van der Waals surface area (Å²) in [6.45, 7) is 8.12. The van der Waals surface area contributed by atoms with Crippen molar-refractivity contribution in [1.82, 2.24) is 14.9 Å². The Bertz CT molecular complexity index is 1160. The van der Waals surface area contributed by atoms with Gasteiger partial charge in [0.05, 0.1) is 43.9 Å². The van der Waals surface area contributed by atoms with Gasteiger partial charge in [0.25, 0.3) is 5.91 Å². The van der Waals surface area contributed by atoms with Crippen LogP contribution in [0, 0.1) is 0 Å². The Hall–Kier alpha value is -2.99. The van der Waals surface area contributed by atoms with E-state index >= 15 is 0 Å². The predicted molar refractivity (Wildman–Crippen MR) is 137 cm³/mol. The van der Waals surface area contributed by atoms with E-state index in [2.05, 4.69) is 30.4 Å². The summed E-state index contributed by atoms with van der Waals surface area (Å²) < 4.78 is 17.4. The molecule has 3 aromatic rings. The van der Waals surface area contributed by atoms with Gasteiger partial charge in [0, 0.05) is 51.0 Å². The number of carbonyl (C=O) groups is 1. The van der Waals surface area contributed by atoms with E-state index in [4.69, 9.17) is 14.2 Å². The normalized spacial score (nSPS) is 16.9. The Morgan fingerprint density at radius 3 is 2.66 bits per heavy atom. The van der Waals surface area contributed by atoms with Crippen molar-refractivity contribution in [2.75, 3.05) is 88.3 Å². The van der Waals surface area contributed by atoms with Gasteiger partial charge in [-0.05, 0) is 24.3 Å². The van der Waals surface area contributed by atoms with Crippen LogP contribution >= 0.6 is 11.3 Å². The van der Waals surface area contributed by atoms with Crippen molar-refractivity contribution in [1.29, 1.82) is 0 Å². The standard InChI is InChI=1S/C24H30N6O4S/c1-32-19-3-2-18(30-10-14-34-15-11-30)22-21(19)27-24(35-22)28-23(31)17-4-5-25-20(16-17)26-6-7-29-8-12-33-13-9-29/h2-5,16H,6-15H2,1H3,(H,25,26)(H,27,28,31). The molecule has 0 radical (unpaired) electrons. The average Bonchev–Trinajstić information content (AvgIpc) is 3.33. The molecule has 2 aliphatic rings. The quantitative estimate of drug-likeness (QED) is 0.485. The highest BCUT2D eigenvalue weighted by Gasteiger charge is 2.20. The summed E-state index contributed by atoms with van der Waals surface area (Å²) in [5, 5.41) is 6.80. The van der Waals surface area contributed by atoms with Gasteiger partial charge >= 0.3 is 0 Å². The largest absolute Gasteiger partial charge is 0.494 e. The molecule has 2 fully saturated rings. The second-order valence-electron chi connectivity index (χ2n) is 8.35. The topological polar surface area (TPSA) is 101 Å². The van der Waals surface area contributed by atoms with Crippen molar-refractivity contribution in [3.63, 3.8) is 0 Å². The predicted octanol–water partition coefficient (Wildman–Crippen LogP) is 2.53. The molecule has 11 heteroatoms. The van der Waals surface area contributed by atoms with Crippen LogP contribution in [0.15, 0.2) is 30.5 Å². The molecule has 0 spiro atoms. The van der Waals surface area contributed by atoms with Crippen molar-refractivity contribution >= 4 is 44.1 Å². The fourth-order valence-corrected chi connectivity index (χ4v) is 5.26. The molecule has 10 nitrogen and oxygen atoms in total. The minimum atomic E-state index is -0.227. The number of anilines is 3. The molecular formula is C24H30N6O4S.